The molecule has 0 radical (unpaired) electrons. The number of hydrogen-bond donors (Lipinski definition) is 1. The maximum atomic E-state index is 11.5. The number of nitrogens with one attached hydrogen (secondary N) is 1. The number of nitrogens with zero attached hydrogens (tertiary/aromatic N) is 1. The average molecular weight is 302 g/mol. The zero-order valence-corrected chi connectivity index (χ0v) is 12.3. The zero-order chi connectivity index (χ0) is 15.2. The highest BCUT2D eigenvalue weighted by molar-refractivity contribution is 7.16. The molecule has 0 aliphatic heterocycles. The molecular weight excluding hydrogens is 288 g/mol. The Bertz CT molecular complexity index is 665. The van der Waals surface area contributed by atoms with E-state index in [0.29, 0.717) is 5.69 Å². The summed E-state index contributed by atoms with van der Waals surface area (Å²) < 4.78 is 4.68. The molecule has 0 aliphatic carbocycles. The van der Waals surface area contributed by atoms with Crippen LogP contribution in [-0.2, 0) is 20.7 Å². The number of amides is 1. The molecule has 2 rings (SSSR count). The first kappa shape index (κ1) is 14.9. The molecule has 2 heterocycles. The van der Waals surface area contributed by atoms with Crippen molar-refractivity contribution < 1.29 is 14.3 Å². The highest BCUT2D eigenvalue weighted by Crippen LogP contribution is 2.35. The fraction of sp³-hybridized carbons (Fsp3) is 0.133. The summed E-state index contributed by atoms with van der Waals surface area (Å²) in [6.45, 7) is 3.42. The van der Waals surface area contributed by atoms with Crippen molar-refractivity contribution in [2.24, 2.45) is 0 Å². The van der Waals surface area contributed by atoms with Crippen molar-refractivity contribution in [3.8, 4) is 10.4 Å². The standard InChI is InChI=1S/C15H14N2O3S/c1-3-14(18)17-11-8-12(10-4-6-16-7-5-10)21-13(11)9-15(19)20-2/h3-8H,1,9H2,2H3,(H,17,18). The maximum absolute atomic E-state index is 11.5. The Kier molecular flexibility index (Phi) is 4.84. The summed E-state index contributed by atoms with van der Waals surface area (Å²) in [5.41, 5.74) is 1.57. The van der Waals surface area contributed by atoms with E-state index in [0.717, 1.165) is 15.3 Å². The Balaban J connectivity index is 2.36. The largest absolute Gasteiger partial charge is 0.469 e. The fourth-order valence-electron chi connectivity index (χ4n) is 1.71. The van der Waals surface area contributed by atoms with Crippen molar-refractivity contribution in [1.82, 2.24) is 4.98 Å². The van der Waals surface area contributed by atoms with Crippen LogP contribution < -0.4 is 5.32 Å². The number of thiophene rings is 1. The molecule has 0 fully saturated rings. The Morgan fingerprint density at radius 1 is 1.43 bits per heavy atom. The van der Waals surface area contributed by atoms with E-state index in [-0.39, 0.29) is 18.3 Å². The molecule has 1 N–H and O–H groups in total. The van der Waals surface area contributed by atoms with Crippen LogP contribution in [-0.4, -0.2) is 24.0 Å². The Morgan fingerprint density at radius 2 is 2.14 bits per heavy atom. The molecule has 0 aliphatic rings. The normalized spacial score (nSPS) is 9.95. The molecule has 0 bridgehead atoms. The SMILES string of the molecule is C=CC(=O)Nc1cc(-c2ccncc2)sc1CC(=O)OC. The van der Waals surface area contributed by atoms with E-state index in [4.69, 9.17) is 0 Å². The number of carbonyl (C=O) groups excluding carboxylic acids is 2. The number of anilines is 1. The van der Waals surface area contributed by atoms with Crippen LogP contribution in [0.2, 0.25) is 0 Å². The molecule has 0 aromatic carbocycles. The van der Waals surface area contributed by atoms with E-state index in [9.17, 15) is 9.59 Å². The predicted molar refractivity (Wildman–Crippen MR) is 82.1 cm³/mol. The van der Waals surface area contributed by atoms with Gasteiger partial charge in [-0.1, -0.05) is 6.58 Å². The van der Waals surface area contributed by atoms with E-state index in [1.54, 1.807) is 12.4 Å². The molecule has 0 unspecified atom stereocenters. The van der Waals surface area contributed by atoms with Crippen LogP contribution in [0.3, 0.4) is 0 Å². The molecule has 2 aromatic rings. The maximum Gasteiger partial charge on any atom is 0.310 e. The summed E-state index contributed by atoms with van der Waals surface area (Å²) in [6.07, 6.45) is 4.68. The first-order valence-electron chi connectivity index (χ1n) is 6.17. The van der Waals surface area contributed by atoms with Crippen molar-refractivity contribution in [3.05, 3.63) is 48.1 Å². The van der Waals surface area contributed by atoms with Gasteiger partial charge in [0.05, 0.1) is 19.2 Å². The number of hydrogen-bond acceptors (Lipinski definition) is 5. The minimum absolute atomic E-state index is 0.110. The van der Waals surface area contributed by atoms with Crippen molar-refractivity contribution in [3.63, 3.8) is 0 Å². The summed E-state index contributed by atoms with van der Waals surface area (Å²) in [7, 11) is 1.34. The lowest BCUT2D eigenvalue weighted by Crippen LogP contribution is -2.10. The van der Waals surface area contributed by atoms with Crippen LogP contribution >= 0.6 is 11.3 Å². The van der Waals surface area contributed by atoms with Crippen molar-refractivity contribution in [2.45, 2.75) is 6.42 Å². The summed E-state index contributed by atoms with van der Waals surface area (Å²) in [6, 6.07) is 5.57. The molecule has 5 nitrogen and oxygen atoms in total. The van der Waals surface area contributed by atoms with Gasteiger partial charge in [0.15, 0.2) is 0 Å². The number of pyridine rings is 1. The monoisotopic (exact) mass is 302 g/mol. The topological polar surface area (TPSA) is 68.3 Å². The minimum Gasteiger partial charge on any atom is -0.469 e. The minimum atomic E-state index is -0.354. The molecule has 0 atom stereocenters. The Morgan fingerprint density at radius 3 is 2.76 bits per heavy atom. The molecule has 108 valence electrons. The number of carbonyl (C=O) groups is 2. The van der Waals surface area contributed by atoms with Gasteiger partial charge in [0.25, 0.3) is 0 Å². The number of rotatable bonds is 5. The van der Waals surface area contributed by atoms with Crippen molar-refractivity contribution in [1.29, 1.82) is 0 Å². The third-order valence-corrected chi connectivity index (χ3v) is 3.93. The molecule has 2 aromatic heterocycles. The molecule has 0 spiro atoms. The van der Waals surface area contributed by atoms with Gasteiger partial charge in [-0.15, -0.1) is 11.3 Å². The predicted octanol–water partition coefficient (Wildman–Crippen LogP) is 2.65. The van der Waals surface area contributed by atoms with Crippen LogP contribution in [0.15, 0.2) is 43.2 Å². The molecule has 0 saturated carbocycles. The summed E-state index contributed by atoms with van der Waals surface area (Å²) >= 11 is 1.43. The van der Waals surface area contributed by atoms with Crippen LogP contribution in [0.5, 0.6) is 0 Å². The van der Waals surface area contributed by atoms with Crippen LogP contribution in [0.25, 0.3) is 10.4 Å². The molecule has 1 amide bonds. The van der Waals surface area contributed by atoms with Gasteiger partial charge in [-0.05, 0) is 29.8 Å². The average Bonchev–Trinajstić information content (AvgIpc) is 2.90. The van der Waals surface area contributed by atoms with Crippen LogP contribution in [0.1, 0.15) is 4.88 Å². The number of aromatic nitrogens is 1. The Labute approximate surface area is 126 Å². The highest BCUT2D eigenvalue weighted by Gasteiger charge is 2.15. The van der Waals surface area contributed by atoms with Gasteiger partial charge in [-0.3, -0.25) is 14.6 Å². The molecule has 21 heavy (non-hydrogen) atoms. The van der Waals surface area contributed by atoms with Gasteiger partial charge >= 0.3 is 5.97 Å². The van der Waals surface area contributed by atoms with Gasteiger partial charge in [-0.2, -0.15) is 0 Å². The van der Waals surface area contributed by atoms with E-state index >= 15 is 0 Å². The van der Waals surface area contributed by atoms with E-state index in [2.05, 4.69) is 21.6 Å². The van der Waals surface area contributed by atoms with E-state index in [1.807, 2.05) is 18.2 Å². The quantitative estimate of drug-likeness (QED) is 0.681. The Hall–Kier alpha value is -2.47. The lowest BCUT2D eigenvalue weighted by molar-refractivity contribution is -0.139. The summed E-state index contributed by atoms with van der Waals surface area (Å²) in [5.74, 6) is -0.674. The van der Waals surface area contributed by atoms with E-state index in [1.165, 1.54) is 24.5 Å². The van der Waals surface area contributed by atoms with Crippen molar-refractivity contribution in [2.75, 3.05) is 12.4 Å². The second-order valence-electron chi connectivity index (χ2n) is 4.13. The van der Waals surface area contributed by atoms with Gasteiger partial charge in [-0.25, -0.2) is 0 Å². The number of ether oxygens (including phenoxy) is 1. The number of methoxy groups -OCH3 is 1. The number of esters is 1. The first-order chi connectivity index (χ1) is 10.1. The highest BCUT2D eigenvalue weighted by atomic mass is 32.1. The van der Waals surface area contributed by atoms with Crippen LogP contribution in [0.4, 0.5) is 5.69 Å². The van der Waals surface area contributed by atoms with Crippen molar-refractivity contribution >= 4 is 28.9 Å². The lowest BCUT2D eigenvalue weighted by Gasteiger charge is -2.02. The van der Waals surface area contributed by atoms with Crippen LogP contribution in [0, 0.1) is 0 Å². The summed E-state index contributed by atoms with van der Waals surface area (Å²) in [4.78, 5) is 28.6. The van der Waals surface area contributed by atoms with E-state index < -0.39 is 0 Å². The van der Waals surface area contributed by atoms with Gasteiger partial charge in [0.2, 0.25) is 5.91 Å². The molecule has 0 saturated heterocycles. The second-order valence-corrected chi connectivity index (χ2v) is 5.27. The van der Waals surface area contributed by atoms with Gasteiger partial charge < -0.3 is 10.1 Å². The first-order valence-corrected chi connectivity index (χ1v) is 6.99. The lowest BCUT2D eigenvalue weighted by atomic mass is 10.2. The third-order valence-electron chi connectivity index (χ3n) is 2.75. The van der Waals surface area contributed by atoms with Gasteiger partial charge in [0, 0.05) is 22.1 Å². The fourth-order valence-corrected chi connectivity index (χ4v) is 2.82. The smallest absolute Gasteiger partial charge is 0.310 e. The summed E-state index contributed by atoms with van der Waals surface area (Å²) in [5, 5.41) is 2.71. The third kappa shape index (κ3) is 3.76. The molecule has 6 heteroatoms. The zero-order valence-electron chi connectivity index (χ0n) is 11.5. The molecular formula is C15H14N2O3S. The second kappa shape index (κ2) is 6.81. The van der Waals surface area contributed by atoms with Gasteiger partial charge in [0.1, 0.15) is 0 Å².